The molecule has 2 rings (SSSR count). The highest BCUT2D eigenvalue weighted by molar-refractivity contribution is 9.10. The second-order valence-corrected chi connectivity index (χ2v) is 4.58. The van der Waals surface area contributed by atoms with Gasteiger partial charge in [0.15, 0.2) is 0 Å². The van der Waals surface area contributed by atoms with Crippen molar-refractivity contribution in [1.82, 2.24) is 15.5 Å². The number of aromatic nitrogens is 2. The normalized spacial score (nSPS) is 10.4. The Kier molecular flexibility index (Phi) is 3.76. The first-order valence-corrected chi connectivity index (χ1v) is 6.19. The van der Waals surface area contributed by atoms with Crippen molar-refractivity contribution in [3.63, 3.8) is 0 Å². The average molecular weight is 310 g/mol. The summed E-state index contributed by atoms with van der Waals surface area (Å²) in [7, 11) is 0. The van der Waals surface area contributed by atoms with Crippen LogP contribution in [0.4, 0.5) is 0 Å². The van der Waals surface area contributed by atoms with Crippen LogP contribution in [0.2, 0.25) is 0 Å². The van der Waals surface area contributed by atoms with Gasteiger partial charge in [-0.2, -0.15) is 0 Å². The number of nitrogens with one attached hydrogen (secondary N) is 1. The van der Waals surface area contributed by atoms with Crippen LogP contribution in [-0.2, 0) is 6.54 Å². The summed E-state index contributed by atoms with van der Waals surface area (Å²) in [4.78, 5) is 16.0. The van der Waals surface area contributed by atoms with Gasteiger partial charge in [0.1, 0.15) is 10.4 Å². The Hall–Kier alpha value is -1.69. The third-order valence-electron chi connectivity index (χ3n) is 2.61. The molecule has 1 amide bonds. The van der Waals surface area contributed by atoms with Crippen LogP contribution >= 0.6 is 15.9 Å². The third-order valence-corrected chi connectivity index (χ3v) is 3.24. The summed E-state index contributed by atoms with van der Waals surface area (Å²) in [6, 6.07) is 3.43. The molecule has 0 aliphatic rings. The van der Waals surface area contributed by atoms with E-state index in [2.05, 4.69) is 31.4 Å². The van der Waals surface area contributed by atoms with Gasteiger partial charge in [0, 0.05) is 18.3 Å². The van der Waals surface area contributed by atoms with Gasteiger partial charge in [0.25, 0.3) is 5.91 Å². The van der Waals surface area contributed by atoms with Crippen molar-refractivity contribution in [2.24, 2.45) is 0 Å². The Morgan fingerprint density at radius 2 is 2.28 bits per heavy atom. The summed E-state index contributed by atoms with van der Waals surface area (Å²) in [6.07, 6.45) is 1.62. The standard InChI is InChI=1S/C12H12BrN3O2/c1-7-10(8(2)18-16-7)6-15-12(17)9-4-3-5-14-11(9)13/h3-5H,6H2,1-2H3,(H,15,17). The fourth-order valence-corrected chi connectivity index (χ4v) is 2.00. The van der Waals surface area contributed by atoms with E-state index >= 15 is 0 Å². The van der Waals surface area contributed by atoms with E-state index in [1.807, 2.05) is 13.8 Å². The Balaban J connectivity index is 2.08. The van der Waals surface area contributed by atoms with Crippen LogP contribution in [0.5, 0.6) is 0 Å². The lowest BCUT2D eigenvalue weighted by atomic mass is 10.2. The number of halogens is 1. The summed E-state index contributed by atoms with van der Waals surface area (Å²) >= 11 is 3.24. The molecule has 94 valence electrons. The van der Waals surface area contributed by atoms with Gasteiger partial charge in [-0.05, 0) is 41.9 Å². The average Bonchev–Trinajstić information content (AvgIpc) is 2.67. The van der Waals surface area contributed by atoms with Gasteiger partial charge in [0.05, 0.1) is 11.3 Å². The van der Waals surface area contributed by atoms with Crippen LogP contribution in [0.15, 0.2) is 27.5 Å². The van der Waals surface area contributed by atoms with Gasteiger partial charge in [-0.1, -0.05) is 5.16 Å². The maximum atomic E-state index is 12.0. The third kappa shape index (κ3) is 2.59. The fourth-order valence-electron chi connectivity index (χ4n) is 1.57. The van der Waals surface area contributed by atoms with Crippen molar-refractivity contribution in [3.05, 3.63) is 45.5 Å². The zero-order valence-electron chi connectivity index (χ0n) is 10.0. The summed E-state index contributed by atoms with van der Waals surface area (Å²) in [5.41, 5.74) is 2.20. The van der Waals surface area contributed by atoms with Crippen molar-refractivity contribution in [2.75, 3.05) is 0 Å². The highest BCUT2D eigenvalue weighted by Gasteiger charge is 2.13. The number of pyridine rings is 1. The minimum absolute atomic E-state index is 0.185. The number of nitrogens with zero attached hydrogens (tertiary/aromatic N) is 2. The van der Waals surface area contributed by atoms with Gasteiger partial charge in [0.2, 0.25) is 0 Å². The van der Waals surface area contributed by atoms with Crippen LogP contribution in [0.3, 0.4) is 0 Å². The molecular formula is C12H12BrN3O2. The molecule has 2 aromatic heterocycles. The van der Waals surface area contributed by atoms with Crippen LogP contribution < -0.4 is 5.32 Å². The highest BCUT2D eigenvalue weighted by atomic mass is 79.9. The van der Waals surface area contributed by atoms with E-state index in [9.17, 15) is 4.79 Å². The molecule has 0 fully saturated rings. The van der Waals surface area contributed by atoms with E-state index in [1.165, 1.54) is 0 Å². The number of hydrogen-bond acceptors (Lipinski definition) is 4. The summed E-state index contributed by atoms with van der Waals surface area (Å²) in [5.74, 6) is 0.535. The largest absolute Gasteiger partial charge is 0.361 e. The molecule has 0 aliphatic carbocycles. The molecule has 0 atom stereocenters. The zero-order valence-corrected chi connectivity index (χ0v) is 11.6. The van der Waals surface area contributed by atoms with Gasteiger partial charge in [-0.3, -0.25) is 4.79 Å². The van der Waals surface area contributed by atoms with E-state index in [1.54, 1.807) is 18.3 Å². The molecule has 6 heteroatoms. The highest BCUT2D eigenvalue weighted by Crippen LogP contribution is 2.14. The van der Waals surface area contributed by atoms with Crippen LogP contribution in [-0.4, -0.2) is 16.0 Å². The summed E-state index contributed by atoms with van der Waals surface area (Å²) in [5, 5.41) is 6.65. The van der Waals surface area contributed by atoms with E-state index < -0.39 is 0 Å². The minimum atomic E-state index is -0.185. The lowest BCUT2D eigenvalue weighted by molar-refractivity contribution is 0.0949. The van der Waals surface area contributed by atoms with Crippen molar-refractivity contribution < 1.29 is 9.32 Å². The molecule has 1 N–H and O–H groups in total. The first kappa shape index (κ1) is 12.8. The maximum absolute atomic E-state index is 12.0. The number of hydrogen-bond donors (Lipinski definition) is 1. The van der Waals surface area contributed by atoms with Crippen LogP contribution in [0.25, 0.3) is 0 Å². The predicted octanol–water partition coefficient (Wildman–Crippen LogP) is 2.38. The first-order chi connectivity index (χ1) is 8.59. The molecule has 2 heterocycles. The lowest BCUT2D eigenvalue weighted by Crippen LogP contribution is -2.23. The second kappa shape index (κ2) is 5.30. The quantitative estimate of drug-likeness (QED) is 0.884. The van der Waals surface area contributed by atoms with Gasteiger partial charge in [-0.15, -0.1) is 0 Å². The minimum Gasteiger partial charge on any atom is -0.361 e. The van der Waals surface area contributed by atoms with Crippen LogP contribution in [0, 0.1) is 13.8 Å². The van der Waals surface area contributed by atoms with Gasteiger partial charge in [-0.25, -0.2) is 4.98 Å². The lowest BCUT2D eigenvalue weighted by Gasteiger charge is -2.05. The predicted molar refractivity (Wildman–Crippen MR) is 69.1 cm³/mol. The van der Waals surface area contributed by atoms with Crippen molar-refractivity contribution in [2.45, 2.75) is 20.4 Å². The summed E-state index contributed by atoms with van der Waals surface area (Å²) < 4.78 is 5.56. The maximum Gasteiger partial charge on any atom is 0.254 e. The van der Waals surface area contributed by atoms with E-state index in [-0.39, 0.29) is 5.91 Å². The van der Waals surface area contributed by atoms with Crippen molar-refractivity contribution >= 4 is 21.8 Å². The second-order valence-electron chi connectivity index (χ2n) is 3.83. The first-order valence-electron chi connectivity index (χ1n) is 5.40. The van der Waals surface area contributed by atoms with Crippen LogP contribution in [0.1, 0.15) is 27.4 Å². The number of aryl methyl sites for hydroxylation is 2. The molecule has 0 saturated carbocycles. The molecule has 0 aromatic carbocycles. The molecule has 2 aromatic rings. The summed E-state index contributed by atoms with van der Waals surface area (Å²) in [6.45, 7) is 4.06. The SMILES string of the molecule is Cc1noc(C)c1CNC(=O)c1cccnc1Br. The molecule has 0 bridgehead atoms. The number of rotatable bonds is 3. The number of carbonyl (C=O) groups is 1. The smallest absolute Gasteiger partial charge is 0.254 e. The van der Waals surface area contributed by atoms with Crippen molar-refractivity contribution in [3.8, 4) is 0 Å². The monoisotopic (exact) mass is 309 g/mol. The Morgan fingerprint density at radius 1 is 1.50 bits per heavy atom. The molecule has 18 heavy (non-hydrogen) atoms. The van der Waals surface area contributed by atoms with E-state index in [4.69, 9.17) is 4.52 Å². The molecule has 0 unspecified atom stereocenters. The topological polar surface area (TPSA) is 68.0 Å². The molecule has 5 nitrogen and oxygen atoms in total. The fraction of sp³-hybridized carbons (Fsp3) is 0.250. The van der Waals surface area contributed by atoms with Gasteiger partial charge >= 0.3 is 0 Å². The molecule has 0 radical (unpaired) electrons. The van der Waals surface area contributed by atoms with E-state index in [0.717, 1.165) is 17.0 Å². The molecule has 0 aliphatic heterocycles. The Bertz CT molecular complexity index is 561. The number of carbonyl (C=O) groups excluding carboxylic acids is 1. The van der Waals surface area contributed by atoms with Gasteiger partial charge < -0.3 is 9.84 Å². The molecule has 0 spiro atoms. The molecular weight excluding hydrogens is 298 g/mol. The number of amides is 1. The zero-order chi connectivity index (χ0) is 13.1. The Morgan fingerprint density at radius 3 is 2.89 bits per heavy atom. The Labute approximate surface area is 113 Å². The molecule has 0 saturated heterocycles. The van der Waals surface area contributed by atoms with E-state index in [0.29, 0.717) is 16.7 Å². The van der Waals surface area contributed by atoms with Crippen molar-refractivity contribution in [1.29, 1.82) is 0 Å².